The normalized spacial score (nSPS) is 12.5. The molecule has 2 unspecified atom stereocenters. The van der Waals surface area contributed by atoms with E-state index >= 15 is 0 Å². The molecule has 9 nitrogen and oxygen atoms in total. The molecule has 0 saturated heterocycles. The summed E-state index contributed by atoms with van der Waals surface area (Å²) >= 11 is 0. The summed E-state index contributed by atoms with van der Waals surface area (Å²) in [6.45, 7) is 7.05. The lowest BCUT2D eigenvalue weighted by molar-refractivity contribution is -0.168. The highest BCUT2D eigenvalue weighted by Gasteiger charge is 2.21. The summed E-state index contributed by atoms with van der Waals surface area (Å²) in [5.41, 5.74) is 0. The third kappa shape index (κ3) is 16.2. The molecule has 0 saturated carbocycles. The molecule has 0 bridgehead atoms. The van der Waals surface area contributed by atoms with Crippen molar-refractivity contribution in [2.24, 2.45) is 0 Å². The minimum atomic E-state index is -0.783. The quantitative estimate of drug-likeness (QED) is 0.231. The summed E-state index contributed by atoms with van der Waals surface area (Å²) in [7, 11) is 0. The largest absolute Gasteiger partial charge is 0.462 e. The summed E-state index contributed by atoms with van der Waals surface area (Å²) in [5, 5.41) is 0. The number of hydrogen-bond donors (Lipinski definition) is 0. The van der Waals surface area contributed by atoms with E-state index < -0.39 is 24.1 Å². The third-order valence-corrected chi connectivity index (χ3v) is 3.88. The fraction of sp³-hybridized carbons (Fsp3) is 0.818. The van der Waals surface area contributed by atoms with Gasteiger partial charge >= 0.3 is 23.9 Å². The standard InChI is InChI=1S/C22H38O9/c1-5-9-19(23)28-15-17(30-21(25)11-7-3)13-27-14-18(31-22(26)12-8-4)16-29-20(24)10-6-2/h17-18H,5-16H2,1-4H3. The van der Waals surface area contributed by atoms with Gasteiger partial charge in [-0.3, -0.25) is 19.2 Å². The maximum Gasteiger partial charge on any atom is 0.306 e. The van der Waals surface area contributed by atoms with E-state index in [2.05, 4.69) is 0 Å². The predicted molar refractivity (Wildman–Crippen MR) is 112 cm³/mol. The molecule has 0 aromatic rings. The number of carbonyl (C=O) groups excluding carboxylic acids is 4. The summed E-state index contributed by atoms with van der Waals surface area (Å²) in [4.78, 5) is 46.9. The average molecular weight is 447 g/mol. The molecule has 0 heterocycles. The zero-order chi connectivity index (χ0) is 23.5. The van der Waals surface area contributed by atoms with Crippen LogP contribution in [-0.4, -0.2) is 62.5 Å². The topological polar surface area (TPSA) is 114 Å². The lowest BCUT2D eigenvalue weighted by Gasteiger charge is -2.21. The second kappa shape index (κ2) is 18.6. The highest BCUT2D eigenvalue weighted by Crippen LogP contribution is 2.06. The first kappa shape index (κ1) is 28.8. The molecule has 0 spiro atoms. The van der Waals surface area contributed by atoms with Crippen LogP contribution in [0.15, 0.2) is 0 Å². The van der Waals surface area contributed by atoms with E-state index in [-0.39, 0.29) is 64.0 Å². The molecule has 0 aliphatic carbocycles. The van der Waals surface area contributed by atoms with Gasteiger partial charge < -0.3 is 23.7 Å². The van der Waals surface area contributed by atoms with Crippen LogP contribution in [0.2, 0.25) is 0 Å². The van der Waals surface area contributed by atoms with Gasteiger partial charge in [0.2, 0.25) is 0 Å². The molecule has 0 fully saturated rings. The first-order valence-electron chi connectivity index (χ1n) is 11.1. The van der Waals surface area contributed by atoms with Crippen LogP contribution in [0.4, 0.5) is 0 Å². The monoisotopic (exact) mass is 446 g/mol. The maximum atomic E-state index is 11.8. The zero-order valence-corrected chi connectivity index (χ0v) is 19.3. The van der Waals surface area contributed by atoms with Gasteiger partial charge in [-0.2, -0.15) is 0 Å². The number of rotatable bonds is 18. The van der Waals surface area contributed by atoms with Gasteiger partial charge in [0.15, 0.2) is 12.2 Å². The van der Waals surface area contributed by atoms with Crippen LogP contribution < -0.4 is 0 Å². The van der Waals surface area contributed by atoms with Crippen molar-refractivity contribution in [1.29, 1.82) is 0 Å². The first-order valence-corrected chi connectivity index (χ1v) is 11.1. The van der Waals surface area contributed by atoms with Crippen LogP contribution in [0, 0.1) is 0 Å². The van der Waals surface area contributed by atoms with Gasteiger partial charge in [-0.1, -0.05) is 27.7 Å². The van der Waals surface area contributed by atoms with Gasteiger partial charge in [0, 0.05) is 25.7 Å². The Balaban J connectivity index is 4.77. The lowest BCUT2D eigenvalue weighted by atomic mass is 10.3. The van der Waals surface area contributed by atoms with Gasteiger partial charge in [0.1, 0.15) is 13.2 Å². The second-order valence-corrected chi connectivity index (χ2v) is 7.13. The Hall–Kier alpha value is -2.16. The van der Waals surface area contributed by atoms with E-state index in [0.29, 0.717) is 25.7 Å². The van der Waals surface area contributed by atoms with Crippen LogP contribution in [0.3, 0.4) is 0 Å². The Bertz CT molecular complexity index is 487. The van der Waals surface area contributed by atoms with Gasteiger partial charge in [-0.25, -0.2) is 0 Å². The van der Waals surface area contributed by atoms with E-state index in [9.17, 15) is 19.2 Å². The van der Waals surface area contributed by atoms with Gasteiger partial charge in [0.05, 0.1) is 13.2 Å². The molecule has 2 atom stereocenters. The molecular formula is C22H38O9. The number of esters is 4. The van der Waals surface area contributed by atoms with Crippen molar-refractivity contribution < 1.29 is 42.9 Å². The molecule has 0 aliphatic heterocycles. The highest BCUT2D eigenvalue weighted by molar-refractivity contribution is 5.71. The highest BCUT2D eigenvalue weighted by atomic mass is 16.6. The molecular weight excluding hydrogens is 408 g/mol. The van der Waals surface area contributed by atoms with Crippen molar-refractivity contribution in [3.63, 3.8) is 0 Å². The van der Waals surface area contributed by atoms with Gasteiger partial charge in [-0.15, -0.1) is 0 Å². The lowest BCUT2D eigenvalue weighted by Crippen LogP contribution is -2.34. The summed E-state index contributed by atoms with van der Waals surface area (Å²) in [6, 6.07) is 0. The minimum absolute atomic E-state index is 0.0560. The Morgan fingerprint density at radius 1 is 0.516 bits per heavy atom. The summed E-state index contributed by atoms with van der Waals surface area (Å²) < 4.78 is 26.5. The van der Waals surface area contributed by atoms with Crippen molar-refractivity contribution in [2.75, 3.05) is 26.4 Å². The Labute approximate surface area is 185 Å². The number of ether oxygens (including phenoxy) is 5. The van der Waals surface area contributed by atoms with Crippen LogP contribution in [-0.2, 0) is 42.9 Å². The smallest absolute Gasteiger partial charge is 0.306 e. The fourth-order valence-corrected chi connectivity index (χ4v) is 2.39. The van der Waals surface area contributed by atoms with Crippen LogP contribution in [0.5, 0.6) is 0 Å². The molecule has 31 heavy (non-hydrogen) atoms. The molecule has 0 N–H and O–H groups in total. The molecule has 0 rings (SSSR count). The van der Waals surface area contributed by atoms with E-state index in [1.807, 2.05) is 27.7 Å². The number of carbonyl (C=O) groups is 4. The second-order valence-electron chi connectivity index (χ2n) is 7.13. The van der Waals surface area contributed by atoms with Crippen molar-refractivity contribution >= 4 is 23.9 Å². The van der Waals surface area contributed by atoms with E-state index in [4.69, 9.17) is 23.7 Å². The Kier molecular flexibility index (Phi) is 17.3. The molecule has 0 radical (unpaired) electrons. The molecule has 180 valence electrons. The predicted octanol–water partition coefficient (Wildman–Crippen LogP) is 3.11. The third-order valence-electron chi connectivity index (χ3n) is 3.88. The van der Waals surface area contributed by atoms with Crippen molar-refractivity contribution in [2.45, 2.75) is 91.3 Å². The van der Waals surface area contributed by atoms with Crippen molar-refractivity contribution in [1.82, 2.24) is 0 Å². The van der Waals surface area contributed by atoms with Gasteiger partial charge in [0.25, 0.3) is 0 Å². The van der Waals surface area contributed by atoms with E-state index in [0.717, 1.165) is 0 Å². The molecule has 9 heteroatoms. The Morgan fingerprint density at radius 3 is 1.16 bits per heavy atom. The molecule has 0 aliphatic rings. The fourth-order valence-electron chi connectivity index (χ4n) is 2.39. The van der Waals surface area contributed by atoms with E-state index in [1.165, 1.54) is 0 Å². The van der Waals surface area contributed by atoms with E-state index in [1.54, 1.807) is 0 Å². The molecule has 0 amide bonds. The number of hydrogen-bond acceptors (Lipinski definition) is 9. The SMILES string of the molecule is CCCC(=O)OCC(COCC(COC(=O)CCC)OC(=O)CCC)OC(=O)CCC. The zero-order valence-electron chi connectivity index (χ0n) is 19.3. The van der Waals surface area contributed by atoms with Crippen LogP contribution in [0.25, 0.3) is 0 Å². The minimum Gasteiger partial charge on any atom is -0.462 e. The maximum absolute atomic E-state index is 11.8. The van der Waals surface area contributed by atoms with Crippen molar-refractivity contribution in [3.05, 3.63) is 0 Å². The summed E-state index contributed by atoms with van der Waals surface area (Å²) in [5.74, 6) is -1.59. The summed E-state index contributed by atoms with van der Waals surface area (Å²) in [6.07, 6.45) is 2.01. The van der Waals surface area contributed by atoms with Gasteiger partial charge in [-0.05, 0) is 25.7 Å². The van der Waals surface area contributed by atoms with Crippen molar-refractivity contribution in [3.8, 4) is 0 Å². The first-order chi connectivity index (χ1) is 14.9. The molecule has 0 aromatic heterocycles. The van der Waals surface area contributed by atoms with Crippen LogP contribution >= 0.6 is 0 Å². The average Bonchev–Trinajstić information content (AvgIpc) is 2.70. The molecule has 0 aromatic carbocycles. The van der Waals surface area contributed by atoms with Crippen LogP contribution in [0.1, 0.15) is 79.1 Å². The Morgan fingerprint density at radius 2 is 0.839 bits per heavy atom.